The molecule has 1 saturated heterocycles. The summed E-state index contributed by atoms with van der Waals surface area (Å²) in [5.41, 5.74) is 1.19. The molecule has 0 bridgehead atoms. The number of hydrogen-bond acceptors (Lipinski definition) is 1. The maximum absolute atomic E-state index is 13.0. The van der Waals surface area contributed by atoms with Gasteiger partial charge in [-0.15, -0.1) is 0 Å². The van der Waals surface area contributed by atoms with Gasteiger partial charge in [0.2, 0.25) is 0 Å². The van der Waals surface area contributed by atoms with Crippen LogP contribution in [-0.2, 0) is 10.7 Å². The van der Waals surface area contributed by atoms with E-state index in [1.807, 2.05) is 0 Å². The SMILES string of the molecule is C[C@@H](c1ccc(C(C)(F)F)cc1)C1COC1. The minimum atomic E-state index is -2.75. The van der Waals surface area contributed by atoms with Gasteiger partial charge in [-0.2, -0.15) is 0 Å². The fourth-order valence-electron chi connectivity index (χ4n) is 1.89. The third-order valence-corrected chi connectivity index (χ3v) is 3.31. The highest BCUT2D eigenvalue weighted by Crippen LogP contribution is 2.32. The summed E-state index contributed by atoms with van der Waals surface area (Å²) in [5, 5.41) is 0. The van der Waals surface area contributed by atoms with Gasteiger partial charge in [-0.05, 0) is 11.5 Å². The molecule has 0 aliphatic carbocycles. The molecule has 1 aromatic rings. The quantitative estimate of drug-likeness (QED) is 0.765. The molecule has 1 aliphatic heterocycles. The number of hydrogen-bond donors (Lipinski definition) is 0. The molecule has 0 N–H and O–H groups in total. The Morgan fingerprint density at radius 1 is 1.25 bits per heavy atom. The Labute approximate surface area is 94.4 Å². The maximum Gasteiger partial charge on any atom is 0.270 e. The van der Waals surface area contributed by atoms with E-state index in [-0.39, 0.29) is 5.56 Å². The average Bonchev–Trinajstić information content (AvgIpc) is 2.14. The Hall–Kier alpha value is -0.960. The molecule has 1 aromatic carbocycles. The maximum atomic E-state index is 13.0. The van der Waals surface area contributed by atoms with E-state index in [0.717, 1.165) is 25.7 Å². The molecule has 1 fully saturated rings. The van der Waals surface area contributed by atoms with Crippen LogP contribution in [0.4, 0.5) is 8.78 Å². The van der Waals surface area contributed by atoms with Gasteiger partial charge in [0.25, 0.3) is 5.92 Å². The van der Waals surface area contributed by atoms with Gasteiger partial charge >= 0.3 is 0 Å². The van der Waals surface area contributed by atoms with Crippen LogP contribution in [0.5, 0.6) is 0 Å². The summed E-state index contributed by atoms with van der Waals surface area (Å²) in [6.45, 7) is 4.61. The van der Waals surface area contributed by atoms with Gasteiger partial charge in [-0.3, -0.25) is 0 Å². The molecule has 1 atom stereocenters. The largest absolute Gasteiger partial charge is 0.381 e. The van der Waals surface area contributed by atoms with E-state index in [0.29, 0.717) is 11.8 Å². The predicted molar refractivity (Wildman–Crippen MR) is 58.7 cm³/mol. The van der Waals surface area contributed by atoms with E-state index in [1.54, 1.807) is 12.1 Å². The standard InChI is InChI=1S/C13H16F2O/c1-9(11-7-16-8-11)10-3-5-12(6-4-10)13(2,14)15/h3-6,9,11H,7-8H2,1-2H3/t9-/m0/s1. The first-order valence-electron chi connectivity index (χ1n) is 5.54. The minimum absolute atomic E-state index is 0.0771. The van der Waals surface area contributed by atoms with Crippen LogP contribution in [0.25, 0.3) is 0 Å². The molecule has 1 nitrogen and oxygen atoms in total. The number of halogens is 2. The van der Waals surface area contributed by atoms with Crippen LogP contribution in [0.2, 0.25) is 0 Å². The van der Waals surface area contributed by atoms with Crippen LogP contribution in [-0.4, -0.2) is 13.2 Å². The summed E-state index contributed by atoms with van der Waals surface area (Å²) in [5.74, 6) is -1.83. The summed E-state index contributed by atoms with van der Waals surface area (Å²) in [4.78, 5) is 0. The summed E-state index contributed by atoms with van der Waals surface area (Å²) >= 11 is 0. The highest BCUT2D eigenvalue weighted by molar-refractivity contribution is 5.28. The second kappa shape index (κ2) is 4.13. The zero-order valence-electron chi connectivity index (χ0n) is 9.54. The third-order valence-electron chi connectivity index (χ3n) is 3.31. The summed E-state index contributed by atoms with van der Waals surface area (Å²) in [7, 11) is 0. The minimum Gasteiger partial charge on any atom is -0.381 e. The van der Waals surface area contributed by atoms with E-state index >= 15 is 0 Å². The van der Waals surface area contributed by atoms with E-state index in [4.69, 9.17) is 4.74 Å². The van der Waals surface area contributed by atoms with Crippen LogP contribution >= 0.6 is 0 Å². The Bertz CT molecular complexity index is 349. The molecule has 88 valence electrons. The lowest BCUT2D eigenvalue weighted by atomic mass is 9.86. The van der Waals surface area contributed by atoms with Gasteiger partial charge in [0.05, 0.1) is 13.2 Å². The molecule has 1 aliphatic rings. The van der Waals surface area contributed by atoms with Crippen molar-refractivity contribution < 1.29 is 13.5 Å². The molecule has 1 heterocycles. The first-order chi connectivity index (χ1) is 7.48. The van der Waals surface area contributed by atoms with Crippen LogP contribution < -0.4 is 0 Å². The van der Waals surface area contributed by atoms with Gasteiger partial charge in [0.15, 0.2) is 0 Å². The van der Waals surface area contributed by atoms with Crippen LogP contribution in [0.3, 0.4) is 0 Å². The second-order valence-corrected chi connectivity index (χ2v) is 4.60. The average molecular weight is 226 g/mol. The second-order valence-electron chi connectivity index (χ2n) is 4.60. The van der Waals surface area contributed by atoms with Gasteiger partial charge in [-0.1, -0.05) is 31.2 Å². The molecule has 0 saturated carbocycles. The predicted octanol–water partition coefficient (Wildman–Crippen LogP) is 3.55. The van der Waals surface area contributed by atoms with Crippen molar-refractivity contribution in [3.63, 3.8) is 0 Å². The Kier molecular flexibility index (Phi) is 2.98. The van der Waals surface area contributed by atoms with E-state index in [1.165, 1.54) is 12.1 Å². The summed E-state index contributed by atoms with van der Waals surface area (Å²) < 4.78 is 31.1. The fourth-order valence-corrected chi connectivity index (χ4v) is 1.89. The van der Waals surface area contributed by atoms with E-state index in [2.05, 4.69) is 6.92 Å². The van der Waals surface area contributed by atoms with Gasteiger partial charge in [-0.25, -0.2) is 8.78 Å². The van der Waals surface area contributed by atoms with Crippen molar-refractivity contribution >= 4 is 0 Å². The van der Waals surface area contributed by atoms with Gasteiger partial charge < -0.3 is 4.74 Å². The monoisotopic (exact) mass is 226 g/mol. The molecule has 0 spiro atoms. The zero-order valence-corrected chi connectivity index (χ0v) is 9.54. The molecule has 0 radical (unpaired) electrons. The lowest BCUT2D eigenvalue weighted by Crippen LogP contribution is -2.31. The molecule has 0 unspecified atom stereocenters. The first-order valence-corrected chi connectivity index (χ1v) is 5.54. The van der Waals surface area contributed by atoms with Crippen LogP contribution in [0, 0.1) is 5.92 Å². The Balaban J connectivity index is 2.12. The molecule has 2 rings (SSSR count). The van der Waals surface area contributed by atoms with Crippen molar-refractivity contribution in [2.75, 3.05) is 13.2 Å². The molecular formula is C13H16F2O. The van der Waals surface area contributed by atoms with Crippen LogP contribution in [0.1, 0.15) is 30.9 Å². The Morgan fingerprint density at radius 2 is 1.81 bits per heavy atom. The highest BCUT2D eigenvalue weighted by atomic mass is 19.3. The molecule has 0 aromatic heterocycles. The Morgan fingerprint density at radius 3 is 2.19 bits per heavy atom. The van der Waals surface area contributed by atoms with E-state index in [9.17, 15) is 8.78 Å². The highest BCUT2D eigenvalue weighted by Gasteiger charge is 2.27. The number of rotatable bonds is 3. The number of alkyl halides is 2. The molecule has 16 heavy (non-hydrogen) atoms. The van der Waals surface area contributed by atoms with Crippen molar-refractivity contribution in [3.8, 4) is 0 Å². The molecular weight excluding hydrogens is 210 g/mol. The van der Waals surface area contributed by atoms with Crippen molar-refractivity contribution in [1.29, 1.82) is 0 Å². The van der Waals surface area contributed by atoms with Gasteiger partial charge in [0, 0.05) is 18.4 Å². The van der Waals surface area contributed by atoms with E-state index < -0.39 is 5.92 Å². The smallest absolute Gasteiger partial charge is 0.270 e. The van der Waals surface area contributed by atoms with Gasteiger partial charge in [0.1, 0.15) is 0 Å². The third kappa shape index (κ3) is 2.24. The van der Waals surface area contributed by atoms with Crippen molar-refractivity contribution in [2.45, 2.75) is 25.7 Å². The number of ether oxygens (including phenoxy) is 1. The normalized spacial score (nSPS) is 19.2. The van der Waals surface area contributed by atoms with Crippen LogP contribution in [0.15, 0.2) is 24.3 Å². The van der Waals surface area contributed by atoms with Crippen molar-refractivity contribution in [3.05, 3.63) is 35.4 Å². The molecule has 0 amide bonds. The molecule has 3 heteroatoms. The van der Waals surface area contributed by atoms with Crippen molar-refractivity contribution in [1.82, 2.24) is 0 Å². The summed E-state index contributed by atoms with van der Waals surface area (Å²) in [6.07, 6.45) is 0. The lowest BCUT2D eigenvalue weighted by molar-refractivity contribution is -0.0423. The zero-order chi connectivity index (χ0) is 11.8. The lowest BCUT2D eigenvalue weighted by Gasteiger charge is -2.31. The fraction of sp³-hybridized carbons (Fsp3) is 0.538. The van der Waals surface area contributed by atoms with Crippen molar-refractivity contribution in [2.24, 2.45) is 5.92 Å². The first kappa shape index (κ1) is 11.5. The summed E-state index contributed by atoms with van der Waals surface area (Å²) in [6, 6.07) is 6.64. The topological polar surface area (TPSA) is 9.23 Å². The number of benzene rings is 1.